The molecule has 11 atom stereocenters. The van der Waals surface area contributed by atoms with Crippen LogP contribution in [0.2, 0.25) is 0 Å². The highest BCUT2D eigenvalue weighted by Crippen LogP contribution is 2.45. The van der Waals surface area contributed by atoms with Crippen LogP contribution in [-0.4, -0.2) is 209 Å². The smallest absolute Gasteiger partial charge is 0.407 e. The number of fused-ring (bicyclic) bond motifs is 3. The molecular weight excluding hydrogens is 1510 g/mol. The summed E-state index contributed by atoms with van der Waals surface area (Å²) in [5, 5.41) is 43.4. The number of unbranched alkanes of at least 4 members (excludes halogenated alkanes) is 1. The molecule has 0 aliphatic heterocycles. The van der Waals surface area contributed by atoms with E-state index in [1.807, 2.05) is 76.2 Å². The van der Waals surface area contributed by atoms with Crippen LogP contribution in [0.25, 0.3) is 11.1 Å². The van der Waals surface area contributed by atoms with E-state index < -0.39 is 205 Å². The van der Waals surface area contributed by atoms with Gasteiger partial charge in [-0.2, -0.15) is 0 Å². The van der Waals surface area contributed by atoms with Crippen molar-refractivity contribution in [3.63, 3.8) is 0 Å². The third kappa shape index (κ3) is 34.0. The number of esters is 3. The number of nitrogens with one attached hydrogen (secondary N) is 9. The van der Waals surface area contributed by atoms with E-state index >= 15 is 0 Å². The highest BCUT2D eigenvalue weighted by Gasteiger charge is 2.42. The molecular formula is C85H126N10O22. The zero-order valence-corrected chi connectivity index (χ0v) is 71.2. The summed E-state index contributed by atoms with van der Waals surface area (Å²) in [4.78, 5) is 201. The second kappa shape index (κ2) is 46.0. The molecule has 0 radical (unpaired) electrons. The number of aliphatic imine (C=N–C) groups is 1. The number of allylic oxidation sites excluding steroid dienone is 2. The lowest BCUT2D eigenvalue weighted by molar-refractivity contribution is -0.157. The van der Waals surface area contributed by atoms with Crippen molar-refractivity contribution in [3.05, 3.63) is 96.3 Å². The molecule has 2 aliphatic rings. The van der Waals surface area contributed by atoms with E-state index in [1.165, 1.54) is 53.7 Å². The van der Waals surface area contributed by atoms with Crippen LogP contribution in [0.1, 0.15) is 219 Å². The predicted octanol–water partition coefficient (Wildman–Crippen LogP) is 7.57. The molecule has 117 heavy (non-hydrogen) atoms. The molecule has 32 heteroatoms. The first-order valence-corrected chi connectivity index (χ1v) is 39.9. The summed E-state index contributed by atoms with van der Waals surface area (Å²) in [6, 6.07) is 2.14. The van der Waals surface area contributed by atoms with Crippen LogP contribution in [0, 0.1) is 17.3 Å². The molecule has 6 unspecified atom stereocenters. The Morgan fingerprint density at radius 3 is 1.49 bits per heavy atom. The molecule has 0 bridgehead atoms. The van der Waals surface area contributed by atoms with E-state index in [0.29, 0.717) is 18.6 Å². The Labute approximate surface area is 686 Å². The fourth-order valence-corrected chi connectivity index (χ4v) is 13.2. The second-order valence-corrected chi connectivity index (χ2v) is 33.8. The number of aliphatic carboxylic acids is 1. The average Bonchev–Trinajstić information content (AvgIpc) is 1.62. The van der Waals surface area contributed by atoms with Crippen LogP contribution >= 0.6 is 0 Å². The number of amides is 9. The molecule has 2 aromatic carbocycles. The van der Waals surface area contributed by atoms with Gasteiger partial charge in [-0.05, 0) is 161 Å². The Hall–Kier alpha value is -10.4. The van der Waals surface area contributed by atoms with Crippen molar-refractivity contribution < 1.29 is 106 Å². The van der Waals surface area contributed by atoms with E-state index in [0.717, 1.165) is 22.3 Å². The van der Waals surface area contributed by atoms with E-state index in [9.17, 15) is 77.3 Å². The minimum atomic E-state index is -1.94. The number of aliphatic hydroxyl groups is 1. The van der Waals surface area contributed by atoms with Crippen molar-refractivity contribution in [3.8, 4) is 11.1 Å². The van der Waals surface area contributed by atoms with Crippen molar-refractivity contribution in [2.24, 2.45) is 22.2 Å². The zero-order valence-electron chi connectivity index (χ0n) is 71.2. The Kier molecular flexibility index (Phi) is 38.9. The van der Waals surface area contributed by atoms with Gasteiger partial charge in [-0.1, -0.05) is 122 Å². The maximum absolute atomic E-state index is 14.9. The van der Waals surface area contributed by atoms with Crippen LogP contribution in [0.4, 0.5) is 4.79 Å². The lowest BCUT2D eigenvalue weighted by atomic mass is 9.75. The largest absolute Gasteiger partial charge is 0.511 e. The number of benzene rings is 2. The SMILES string of the molecule is C=CCOC(=O)CCC(NC(=O)C(CCCCN=C(CC(C)C)C1=C(O)CC(C)(C)CC1=O)NC(=O)OCC1c2ccccc2-c2ccccc21)C(=O)N[C@@H](C)C(=O)NC(CCC(=O)OCC=C)C(=O)N[C@@H](CC(=O)OC(C)(C)C)C(=O)NC(C(=O)N[C@H](C(=O)NC(C(=O)NCC(=O)O)[C@@H](C)OC(C)(C)C)C(C)OC(C)(C)C)[C@H](C)CC. The molecule has 648 valence electrons. The third-order valence-corrected chi connectivity index (χ3v) is 18.7. The molecule has 0 fully saturated rings. The molecule has 2 aromatic rings. The number of hydrogen-bond donors (Lipinski definition) is 11. The zero-order chi connectivity index (χ0) is 88.0. The third-order valence-electron chi connectivity index (χ3n) is 18.7. The van der Waals surface area contributed by atoms with Crippen LogP contribution in [0.15, 0.2) is 90.2 Å². The summed E-state index contributed by atoms with van der Waals surface area (Å²) in [5.41, 5.74) is 0.979. The van der Waals surface area contributed by atoms with Gasteiger partial charge in [0.1, 0.15) is 86.1 Å². The van der Waals surface area contributed by atoms with Gasteiger partial charge in [-0.3, -0.25) is 67.3 Å². The predicted molar refractivity (Wildman–Crippen MR) is 436 cm³/mol. The minimum absolute atomic E-state index is 0.0347. The van der Waals surface area contributed by atoms with Gasteiger partial charge in [0.05, 0.1) is 35.4 Å². The van der Waals surface area contributed by atoms with Gasteiger partial charge in [0.15, 0.2) is 5.78 Å². The first-order valence-electron chi connectivity index (χ1n) is 39.9. The summed E-state index contributed by atoms with van der Waals surface area (Å²) in [5.74, 6) is -13.8. The summed E-state index contributed by atoms with van der Waals surface area (Å²) in [7, 11) is 0. The number of Topliss-reactive ketones (excluding diaryl/α,β-unsaturated/α-hetero) is 1. The number of carbonyl (C=O) groups is 14. The first kappa shape index (κ1) is 99.0. The molecule has 32 nitrogen and oxygen atoms in total. The summed E-state index contributed by atoms with van der Waals surface area (Å²) in [6.07, 6.45) is -2.09. The van der Waals surface area contributed by atoms with Gasteiger partial charge in [0.25, 0.3) is 0 Å². The van der Waals surface area contributed by atoms with Crippen molar-refractivity contribution >= 4 is 88.7 Å². The van der Waals surface area contributed by atoms with Crippen molar-refractivity contribution in [2.75, 3.05) is 32.9 Å². The van der Waals surface area contributed by atoms with E-state index in [-0.39, 0.29) is 87.4 Å². The quantitative estimate of drug-likeness (QED) is 0.01000. The van der Waals surface area contributed by atoms with Crippen LogP contribution in [0.5, 0.6) is 0 Å². The average molecular weight is 1640 g/mol. The van der Waals surface area contributed by atoms with Gasteiger partial charge in [-0.15, -0.1) is 0 Å². The minimum Gasteiger partial charge on any atom is -0.511 e. The number of ketones is 1. The first-order chi connectivity index (χ1) is 54.6. The fraction of sp³-hybridized carbons (Fsp3) is 0.612. The van der Waals surface area contributed by atoms with Gasteiger partial charge < -0.3 is 86.5 Å². The number of nitrogens with zero attached hydrogens (tertiary/aromatic N) is 1. The monoisotopic (exact) mass is 1640 g/mol. The van der Waals surface area contributed by atoms with Gasteiger partial charge in [0, 0.05) is 43.9 Å². The van der Waals surface area contributed by atoms with E-state index in [1.54, 1.807) is 55.4 Å². The molecule has 2 aliphatic carbocycles. The number of carboxylic acids is 1. The van der Waals surface area contributed by atoms with Crippen LogP contribution < -0.4 is 47.9 Å². The molecule has 0 heterocycles. The number of rotatable bonds is 46. The van der Waals surface area contributed by atoms with Crippen molar-refractivity contribution in [1.29, 1.82) is 0 Å². The Morgan fingerprint density at radius 1 is 0.547 bits per heavy atom. The summed E-state index contributed by atoms with van der Waals surface area (Å²) < 4.78 is 34.0. The van der Waals surface area contributed by atoms with Gasteiger partial charge in [0.2, 0.25) is 47.3 Å². The molecule has 4 rings (SSSR count). The fourth-order valence-electron chi connectivity index (χ4n) is 13.2. The number of alkyl carbamates (subject to hydrolysis) is 1. The number of carbonyl (C=O) groups excluding carboxylic acids is 13. The highest BCUT2D eigenvalue weighted by molar-refractivity contribution is 6.23. The lowest BCUT2D eigenvalue weighted by Gasteiger charge is -2.35. The normalized spacial score (nSPS) is 16.3. The topological polar surface area (TPSA) is 455 Å². The Balaban J connectivity index is 1.72. The summed E-state index contributed by atoms with van der Waals surface area (Å²) in [6.45, 7) is 35.7. The number of hydrogen-bond acceptors (Lipinski definition) is 22. The van der Waals surface area contributed by atoms with Gasteiger partial charge >= 0.3 is 30.0 Å². The number of aliphatic hydroxyl groups excluding tert-OH is 1. The Bertz CT molecular complexity index is 3880. The molecule has 11 N–H and O–H groups in total. The molecule has 0 aromatic heterocycles. The molecule has 9 amide bonds. The maximum Gasteiger partial charge on any atom is 0.407 e. The van der Waals surface area contributed by atoms with E-state index in [2.05, 4.69) is 61.0 Å². The van der Waals surface area contributed by atoms with Crippen molar-refractivity contribution in [2.45, 2.75) is 285 Å². The molecule has 0 saturated heterocycles. The number of ether oxygens (including phenoxy) is 6. The second-order valence-electron chi connectivity index (χ2n) is 33.8. The van der Waals surface area contributed by atoms with Crippen LogP contribution in [0.3, 0.4) is 0 Å². The summed E-state index contributed by atoms with van der Waals surface area (Å²) >= 11 is 0. The standard InChI is InChI=1S/C85H126N10O22/c1-21-40-112-66(100)37-35-59(90-75(105)58(34-28-29-39-86-61(42-48(4)5)69-63(96)44-85(19,20)45-64(69)97)92-81(111)114-47-57-55-32-26-24-30-53(55)54-31-25-27-33-56(54)57)74(104)88-50(7)73(103)89-60(36-38-67(101)113-41-22-2)76(106)91-62(43-68(102)117-84(16,17)18)77(107)93-70(49(6)23-3)79(109)95-72(52(9)116-83(13,14)15)80(110)94-71(51(8)115-82(10,11)12)78(108)87-46-65(98)99/h21-22,24-27,30-33,48-52,57-60,62,70-72,96H,1-2,23,28-29,34-47H2,3-20H3,(H,87,108)(H,88,104)(H,89,103)(H,90,105)(H,91,106)(H,92,111)(H,93,107)(H,94,110)(H,95,109)(H,98,99)/t49-,50+,51-,52?,58?,59?,60?,62+,70?,71?,72+/m1/s1. The molecule has 0 saturated carbocycles. The van der Waals surface area contributed by atoms with Crippen molar-refractivity contribution in [1.82, 2.24) is 47.9 Å². The van der Waals surface area contributed by atoms with Crippen LogP contribution in [-0.2, 0) is 90.8 Å². The number of carboxylic acid groups (broad SMARTS) is 1. The Morgan fingerprint density at radius 2 is 1.01 bits per heavy atom. The van der Waals surface area contributed by atoms with Gasteiger partial charge in [-0.25, -0.2) is 4.79 Å². The van der Waals surface area contributed by atoms with E-state index in [4.69, 9.17) is 33.4 Å². The lowest BCUT2D eigenvalue weighted by Crippen LogP contribution is -2.64. The molecule has 0 spiro atoms. The highest BCUT2D eigenvalue weighted by atomic mass is 16.6. The maximum atomic E-state index is 14.9.